The highest BCUT2D eigenvalue weighted by molar-refractivity contribution is 8.03. The fraction of sp³-hybridized carbons (Fsp3) is 0.0455. The summed E-state index contributed by atoms with van der Waals surface area (Å²) in [6, 6.07) is 18.9. The molecule has 0 spiro atoms. The Morgan fingerprint density at radius 2 is 1.82 bits per heavy atom. The van der Waals surface area contributed by atoms with Crippen molar-refractivity contribution in [3.63, 3.8) is 0 Å². The van der Waals surface area contributed by atoms with Gasteiger partial charge in [-0.3, -0.25) is 15.1 Å². The first-order valence-corrected chi connectivity index (χ1v) is 9.54. The third-order valence-corrected chi connectivity index (χ3v) is 5.63. The number of nitro groups is 1. The van der Waals surface area contributed by atoms with Crippen LogP contribution in [0.1, 0.15) is 0 Å². The van der Waals surface area contributed by atoms with Gasteiger partial charge >= 0.3 is 0 Å². The zero-order valence-electron chi connectivity index (χ0n) is 15.1. The molecule has 28 heavy (non-hydrogen) atoms. The minimum atomic E-state index is -0.420. The second-order valence-electron chi connectivity index (χ2n) is 6.24. The predicted octanol–water partition coefficient (Wildman–Crippen LogP) is 6.09. The molecule has 0 saturated heterocycles. The molecule has 3 aromatic carbocycles. The topological polar surface area (TPSA) is 58.7 Å². The standard InChI is InChI=1S/C22H17N3O2S/c1-24-21(28-20-14-9-16-6-2-3-7-19(16)22(20)24)8-4-5-15-23-17-10-12-18(13-11-17)25(26)27/h2-15H,1H3/b5-4+,21-8-,23-15?. The van der Waals surface area contributed by atoms with Crippen LogP contribution in [-0.4, -0.2) is 18.2 Å². The van der Waals surface area contributed by atoms with Gasteiger partial charge in [0, 0.05) is 35.7 Å². The number of anilines is 1. The summed E-state index contributed by atoms with van der Waals surface area (Å²) in [4.78, 5) is 18.0. The summed E-state index contributed by atoms with van der Waals surface area (Å²) in [6.07, 6.45) is 7.54. The molecule has 138 valence electrons. The van der Waals surface area contributed by atoms with Crippen molar-refractivity contribution in [1.29, 1.82) is 0 Å². The van der Waals surface area contributed by atoms with Gasteiger partial charge in [-0.25, -0.2) is 0 Å². The number of non-ortho nitro benzene ring substituents is 1. The van der Waals surface area contributed by atoms with E-state index in [4.69, 9.17) is 0 Å². The van der Waals surface area contributed by atoms with E-state index in [0.29, 0.717) is 5.69 Å². The molecule has 0 saturated carbocycles. The number of allylic oxidation sites excluding steroid dienone is 3. The maximum atomic E-state index is 10.7. The third-order valence-electron chi connectivity index (χ3n) is 4.46. The van der Waals surface area contributed by atoms with Crippen molar-refractivity contribution >= 4 is 45.8 Å². The summed E-state index contributed by atoms with van der Waals surface area (Å²) in [7, 11) is 2.08. The fourth-order valence-electron chi connectivity index (χ4n) is 3.08. The van der Waals surface area contributed by atoms with E-state index in [9.17, 15) is 10.1 Å². The average Bonchev–Trinajstić information content (AvgIpc) is 3.04. The smallest absolute Gasteiger partial charge is 0.269 e. The SMILES string of the molecule is CN1/C(=C/C=C/C=Nc2ccc([N+](=O)[O-])cc2)Sc2ccc3ccccc3c21. The number of thioether (sulfide) groups is 1. The quantitative estimate of drug-likeness (QED) is 0.309. The Morgan fingerprint density at radius 1 is 1.04 bits per heavy atom. The Bertz CT molecular complexity index is 1130. The van der Waals surface area contributed by atoms with Crippen LogP contribution in [0.2, 0.25) is 0 Å². The molecule has 0 aliphatic carbocycles. The summed E-state index contributed by atoms with van der Waals surface area (Å²) in [5, 5.41) is 14.3. The number of nitrogens with zero attached hydrogens (tertiary/aromatic N) is 3. The van der Waals surface area contributed by atoms with E-state index in [1.54, 1.807) is 30.1 Å². The van der Waals surface area contributed by atoms with Crippen LogP contribution < -0.4 is 4.90 Å². The van der Waals surface area contributed by atoms with Crippen LogP contribution in [0, 0.1) is 10.1 Å². The fourth-order valence-corrected chi connectivity index (χ4v) is 4.16. The van der Waals surface area contributed by atoms with Gasteiger partial charge in [-0.2, -0.15) is 0 Å². The molecule has 0 radical (unpaired) electrons. The molecule has 3 aromatic rings. The molecule has 1 aliphatic heterocycles. The van der Waals surface area contributed by atoms with Crippen molar-refractivity contribution in [2.24, 2.45) is 4.99 Å². The lowest BCUT2D eigenvalue weighted by atomic mass is 10.1. The highest BCUT2D eigenvalue weighted by Gasteiger charge is 2.23. The Balaban J connectivity index is 1.47. The first kappa shape index (κ1) is 18.0. The van der Waals surface area contributed by atoms with Gasteiger partial charge in [0.2, 0.25) is 0 Å². The number of fused-ring (bicyclic) bond motifs is 3. The van der Waals surface area contributed by atoms with Gasteiger partial charge in [0.05, 0.1) is 21.3 Å². The van der Waals surface area contributed by atoms with Gasteiger partial charge in [0.15, 0.2) is 0 Å². The van der Waals surface area contributed by atoms with E-state index in [2.05, 4.69) is 59.4 Å². The zero-order chi connectivity index (χ0) is 19.5. The first-order valence-electron chi connectivity index (χ1n) is 8.72. The van der Waals surface area contributed by atoms with E-state index in [1.807, 2.05) is 12.2 Å². The summed E-state index contributed by atoms with van der Waals surface area (Å²) in [5.41, 5.74) is 1.98. The number of benzene rings is 3. The molecule has 0 amide bonds. The minimum absolute atomic E-state index is 0.0626. The zero-order valence-corrected chi connectivity index (χ0v) is 16.0. The van der Waals surface area contributed by atoms with Gasteiger partial charge < -0.3 is 4.90 Å². The first-order chi connectivity index (χ1) is 13.6. The van der Waals surface area contributed by atoms with Crippen LogP contribution in [0.5, 0.6) is 0 Å². The van der Waals surface area contributed by atoms with Gasteiger partial charge in [-0.1, -0.05) is 48.2 Å². The third kappa shape index (κ3) is 3.54. The molecule has 5 nitrogen and oxygen atoms in total. The Kier molecular flexibility index (Phi) is 4.95. The molecule has 0 bridgehead atoms. The maximum absolute atomic E-state index is 10.7. The second-order valence-corrected chi connectivity index (χ2v) is 7.30. The predicted molar refractivity (Wildman–Crippen MR) is 117 cm³/mol. The van der Waals surface area contributed by atoms with Gasteiger partial charge in [-0.05, 0) is 35.7 Å². The van der Waals surface area contributed by atoms with Crippen LogP contribution >= 0.6 is 11.8 Å². The van der Waals surface area contributed by atoms with E-state index in [1.165, 1.54) is 33.5 Å². The van der Waals surface area contributed by atoms with Crippen molar-refractivity contribution < 1.29 is 4.92 Å². The Hall–Kier alpha value is -3.38. The van der Waals surface area contributed by atoms with Crippen LogP contribution in [0.25, 0.3) is 10.8 Å². The molecule has 4 rings (SSSR count). The van der Waals surface area contributed by atoms with Crippen LogP contribution in [0.3, 0.4) is 0 Å². The van der Waals surface area contributed by atoms with Crippen molar-refractivity contribution in [3.8, 4) is 0 Å². The van der Waals surface area contributed by atoms with E-state index in [-0.39, 0.29) is 5.69 Å². The molecule has 6 heteroatoms. The summed E-state index contributed by atoms with van der Waals surface area (Å²) < 4.78 is 0. The molecular weight excluding hydrogens is 370 g/mol. The molecule has 1 aliphatic rings. The average molecular weight is 387 g/mol. The lowest BCUT2D eigenvalue weighted by Crippen LogP contribution is -2.09. The summed E-state index contributed by atoms with van der Waals surface area (Å²) in [5.74, 6) is 0. The number of nitro benzene ring substituents is 1. The number of hydrogen-bond acceptors (Lipinski definition) is 5. The van der Waals surface area contributed by atoms with Crippen LogP contribution in [-0.2, 0) is 0 Å². The molecule has 0 N–H and O–H groups in total. The van der Waals surface area contributed by atoms with Crippen molar-refractivity contribution in [1.82, 2.24) is 0 Å². The Labute approximate surface area is 166 Å². The van der Waals surface area contributed by atoms with E-state index in [0.717, 1.165) is 5.03 Å². The van der Waals surface area contributed by atoms with Crippen molar-refractivity contribution in [3.05, 3.63) is 94.0 Å². The molecular formula is C22H17N3O2S. The normalized spacial score (nSPS) is 15.2. The Morgan fingerprint density at radius 3 is 2.61 bits per heavy atom. The second kappa shape index (κ2) is 7.70. The molecule has 0 unspecified atom stereocenters. The van der Waals surface area contributed by atoms with Crippen molar-refractivity contribution in [2.45, 2.75) is 4.90 Å². The van der Waals surface area contributed by atoms with Crippen molar-refractivity contribution in [2.75, 3.05) is 11.9 Å². The maximum Gasteiger partial charge on any atom is 0.269 e. The number of hydrogen-bond donors (Lipinski definition) is 0. The van der Waals surface area contributed by atoms with Gasteiger partial charge in [0.25, 0.3) is 5.69 Å². The summed E-state index contributed by atoms with van der Waals surface area (Å²) >= 11 is 1.75. The lowest BCUT2D eigenvalue weighted by molar-refractivity contribution is -0.384. The van der Waals surface area contributed by atoms with Crippen LogP contribution in [0.4, 0.5) is 17.1 Å². The van der Waals surface area contributed by atoms with E-state index < -0.39 is 4.92 Å². The minimum Gasteiger partial charge on any atom is -0.338 e. The molecule has 1 heterocycles. The highest BCUT2D eigenvalue weighted by atomic mass is 32.2. The molecule has 0 aromatic heterocycles. The number of aliphatic imine (C=N–C) groups is 1. The lowest BCUT2D eigenvalue weighted by Gasteiger charge is -2.15. The van der Waals surface area contributed by atoms with Gasteiger partial charge in [0.1, 0.15) is 0 Å². The van der Waals surface area contributed by atoms with Crippen LogP contribution in [0.15, 0.2) is 93.8 Å². The highest BCUT2D eigenvalue weighted by Crippen LogP contribution is 2.48. The largest absolute Gasteiger partial charge is 0.338 e. The number of rotatable bonds is 4. The monoisotopic (exact) mass is 387 g/mol. The van der Waals surface area contributed by atoms with E-state index >= 15 is 0 Å². The molecule has 0 atom stereocenters. The molecule has 0 fully saturated rings. The summed E-state index contributed by atoms with van der Waals surface area (Å²) in [6.45, 7) is 0. The van der Waals surface area contributed by atoms with Gasteiger partial charge in [-0.15, -0.1) is 0 Å².